The van der Waals surface area contributed by atoms with Crippen LogP contribution in [-0.2, 0) is 6.54 Å². The Balaban J connectivity index is 1.63. The summed E-state index contributed by atoms with van der Waals surface area (Å²) in [5.74, 6) is 0.943. The maximum absolute atomic E-state index is 4.77. The Morgan fingerprint density at radius 1 is 1.23 bits per heavy atom. The Morgan fingerprint density at radius 2 is 2.14 bits per heavy atom. The summed E-state index contributed by atoms with van der Waals surface area (Å²) in [6.07, 6.45) is 2.50. The minimum atomic E-state index is 0.529. The molecule has 0 radical (unpaired) electrons. The third-order valence-electron chi connectivity index (χ3n) is 4.48. The van der Waals surface area contributed by atoms with Crippen LogP contribution in [0.1, 0.15) is 36.0 Å². The van der Waals surface area contributed by atoms with E-state index in [-0.39, 0.29) is 0 Å². The van der Waals surface area contributed by atoms with Crippen molar-refractivity contribution in [2.24, 2.45) is 0 Å². The van der Waals surface area contributed by atoms with Crippen molar-refractivity contribution in [3.05, 3.63) is 58.2 Å². The average Bonchev–Trinajstić information content (AvgIpc) is 3.18. The monoisotopic (exact) mass is 309 g/mol. The van der Waals surface area contributed by atoms with Gasteiger partial charge in [-0.1, -0.05) is 18.2 Å². The van der Waals surface area contributed by atoms with Gasteiger partial charge in [0.15, 0.2) is 0 Å². The van der Waals surface area contributed by atoms with Crippen molar-refractivity contribution in [3.63, 3.8) is 0 Å². The molecule has 4 rings (SSSR count). The van der Waals surface area contributed by atoms with E-state index < -0.39 is 0 Å². The summed E-state index contributed by atoms with van der Waals surface area (Å²) in [6, 6.07) is 11.0. The largest absolute Gasteiger partial charge is 0.289 e. The Hall–Kier alpha value is -1.78. The molecule has 3 heterocycles. The third kappa shape index (κ3) is 2.53. The lowest BCUT2D eigenvalue weighted by atomic mass is 10.1. The van der Waals surface area contributed by atoms with E-state index in [0.29, 0.717) is 6.04 Å². The number of benzene rings is 1. The smallest absolute Gasteiger partial charge is 0.143 e. The van der Waals surface area contributed by atoms with Crippen LogP contribution in [0.4, 0.5) is 0 Å². The first-order chi connectivity index (χ1) is 10.8. The van der Waals surface area contributed by atoms with Crippen molar-refractivity contribution < 1.29 is 0 Å². The molecule has 4 heteroatoms. The van der Waals surface area contributed by atoms with Gasteiger partial charge in [-0.2, -0.15) is 11.3 Å². The number of fused-ring (bicyclic) bond motifs is 1. The van der Waals surface area contributed by atoms with E-state index in [9.17, 15) is 0 Å². The molecule has 3 nitrogen and oxygen atoms in total. The lowest BCUT2D eigenvalue weighted by molar-refractivity contribution is 0.243. The number of aromatic nitrogens is 2. The Morgan fingerprint density at radius 3 is 3.00 bits per heavy atom. The van der Waals surface area contributed by atoms with Crippen LogP contribution in [0.25, 0.3) is 10.9 Å². The summed E-state index contributed by atoms with van der Waals surface area (Å²) in [7, 11) is 0. The number of likely N-dealkylation sites (tertiary alicyclic amines) is 1. The van der Waals surface area contributed by atoms with Crippen molar-refractivity contribution in [3.8, 4) is 0 Å². The van der Waals surface area contributed by atoms with Crippen LogP contribution in [0, 0.1) is 6.92 Å². The number of hydrogen-bond donors (Lipinski definition) is 0. The summed E-state index contributed by atoms with van der Waals surface area (Å²) in [6.45, 7) is 4.05. The molecule has 1 aromatic carbocycles. The molecule has 1 atom stereocenters. The van der Waals surface area contributed by atoms with Crippen LogP contribution in [-0.4, -0.2) is 21.4 Å². The average molecular weight is 309 g/mol. The lowest BCUT2D eigenvalue weighted by Gasteiger charge is -2.23. The van der Waals surface area contributed by atoms with Gasteiger partial charge in [0.25, 0.3) is 0 Å². The van der Waals surface area contributed by atoms with Gasteiger partial charge in [0.2, 0.25) is 0 Å². The molecule has 0 amide bonds. The molecular weight excluding hydrogens is 290 g/mol. The molecule has 1 saturated heterocycles. The first kappa shape index (κ1) is 13.9. The van der Waals surface area contributed by atoms with E-state index >= 15 is 0 Å². The van der Waals surface area contributed by atoms with Crippen LogP contribution in [0.2, 0.25) is 0 Å². The normalized spacial score (nSPS) is 19.0. The molecule has 0 bridgehead atoms. The van der Waals surface area contributed by atoms with Gasteiger partial charge in [-0.15, -0.1) is 0 Å². The number of thiophene rings is 1. The standard InChI is InChI=1S/C18H19N3S/c1-13-15-5-2-3-6-16(15)20-18(19-13)11-21-9-4-7-17(21)14-8-10-22-12-14/h2-3,5-6,8,10,12,17H,4,7,9,11H2,1H3/t17-/m0/s1. The Kier molecular flexibility index (Phi) is 3.64. The molecule has 1 aliphatic rings. The van der Waals surface area contributed by atoms with Gasteiger partial charge in [-0.05, 0) is 54.8 Å². The Bertz CT molecular complexity index is 782. The zero-order chi connectivity index (χ0) is 14.9. The van der Waals surface area contributed by atoms with Crippen molar-refractivity contribution in [2.45, 2.75) is 32.4 Å². The predicted octanol–water partition coefficient (Wildman–Crippen LogP) is 4.34. The molecular formula is C18H19N3S. The summed E-state index contributed by atoms with van der Waals surface area (Å²) in [5.41, 5.74) is 3.57. The second-order valence-corrected chi connectivity index (χ2v) is 6.71. The van der Waals surface area contributed by atoms with Crippen LogP contribution < -0.4 is 0 Å². The molecule has 112 valence electrons. The minimum absolute atomic E-state index is 0.529. The molecule has 0 unspecified atom stereocenters. The summed E-state index contributed by atoms with van der Waals surface area (Å²) in [5, 5.41) is 5.60. The highest BCUT2D eigenvalue weighted by Crippen LogP contribution is 2.33. The van der Waals surface area contributed by atoms with Crippen molar-refractivity contribution in [2.75, 3.05) is 6.54 Å². The molecule has 0 spiro atoms. The van der Waals surface area contributed by atoms with Crippen LogP contribution in [0.15, 0.2) is 41.1 Å². The Labute approximate surface area is 134 Å². The maximum Gasteiger partial charge on any atom is 0.143 e. The van der Waals surface area contributed by atoms with Gasteiger partial charge in [0, 0.05) is 17.1 Å². The molecule has 1 aliphatic heterocycles. The first-order valence-electron chi connectivity index (χ1n) is 7.79. The van der Waals surface area contributed by atoms with Crippen molar-refractivity contribution in [1.82, 2.24) is 14.9 Å². The number of aryl methyl sites for hydroxylation is 1. The van der Waals surface area contributed by atoms with Gasteiger partial charge in [0.1, 0.15) is 5.82 Å². The second-order valence-electron chi connectivity index (χ2n) is 5.93. The van der Waals surface area contributed by atoms with Gasteiger partial charge in [0.05, 0.1) is 12.1 Å². The van der Waals surface area contributed by atoms with E-state index in [1.54, 1.807) is 11.3 Å². The second kappa shape index (κ2) is 5.78. The third-order valence-corrected chi connectivity index (χ3v) is 5.18. The zero-order valence-electron chi connectivity index (χ0n) is 12.7. The summed E-state index contributed by atoms with van der Waals surface area (Å²) in [4.78, 5) is 12.0. The minimum Gasteiger partial charge on any atom is -0.289 e. The first-order valence-corrected chi connectivity index (χ1v) is 8.74. The molecule has 0 aliphatic carbocycles. The summed E-state index contributed by atoms with van der Waals surface area (Å²) >= 11 is 1.78. The number of nitrogens with zero attached hydrogens (tertiary/aromatic N) is 3. The fraction of sp³-hybridized carbons (Fsp3) is 0.333. The van der Waals surface area contributed by atoms with E-state index in [1.165, 1.54) is 18.4 Å². The van der Waals surface area contributed by atoms with Gasteiger partial charge >= 0.3 is 0 Å². The number of hydrogen-bond acceptors (Lipinski definition) is 4. The molecule has 1 fully saturated rings. The van der Waals surface area contributed by atoms with Crippen molar-refractivity contribution >= 4 is 22.2 Å². The number of para-hydroxylation sites is 1. The topological polar surface area (TPSA) is 29.0 Å². The fourth-order valence-electron chi connectivity index (χ4n) is 3.40. The molecule has 22 heavy (non-hydrogen) atoms. The van der Waals surface area contributed by atoms with E-state index in [4.69, 9.17) is 9.97 Å². The van der Waals surface area contributed by atoms with E-state index in [2.05, 4.69) is 40.8 Å². The van der Waals surface area contributed by atoms with Crippen LogP contribution in [0.3, 0.4) is 0 Å². The SMILES string of the molecule is Cc1nc(CN2CCC[C@H]2c2ccsc2)nc2ccccc12. The van der Waals surface area contributed by atoms with E-state index in [1.807, 2.05) is 12.1 Å². The highest BCUT2D eigenvalue weighted by molar-refractivity contribution is 7.07. The van der Waals surface area contributed by atoms with Crippen LogP contribution >= 0.6 is 11.3 Å². The predicted molar refractivity (Wildman–Crippen MR) is 91.0 cm³/mol. The quantitative estimate of drug-likeness (QED) is 0.721. The molecule has 3 aromatic rings. The molecule has 2 aromatic heterocycles. The van der Waals surface area contributed by atoms with Crippen molar-refractivity contribution in [1.29, 1.82) is 0 Å². The molecule has 0 saturated carbocycles. The van der Waals surface area contributed by atoms with E-state index in [0.717, 1.165) is 35.5 Å². The van der Waals surface area contributed by atoms with Gasteiger partial charge in [-0.3, -0.25) is 4.90 Å². The lowest BCUT2D eigenvalue weighted by Crippen LogP contribution is -2.23. The highest BCUT2D eigenvalue weighted by atomic mass is 32.1. The van der Waals surface area contributed by atoms with Gasteiger partial charge in [-0.25, -0.2) is 9.97 Å². The fourth-order valence-corrected chi connectivity index (χ4v) is 4.11. The summed E-state index contributed by atoms with van der Waals surface area (Å²) < 4.78 is 0. The highest BCUT2D eigenvalue weighted by Gasteiger charge is 2.27. The maximum atomic E-state index is 4.77. The number of rotatable bonds is 3. The van der Waals surface area contributed by atoms with Crippen LogP contribution in [0.5, 0.6) is 0 Å². The zero-order valence-corrected chi connectivity index (χ0v) is 13.5. The molecule has 0 N–H and O–H groups in total. The van der Waals surface area contributed by atoms with Gasteiger partial charge < -0.3 is 0 Å².